The van der Waals surface area contributed by atoms with Crippen molar-refractivity contribution in [3.05, 3.63) is 46.5 Å². The van der Waals surface area contributed by atoms with Crippen LogP contribution in [-0.2, 0) is 0 Å². The van der Waals surface area contributed by atoms with Gasteiger partial charge < -0.3 is 5.73 Å². The quantitative estimate of drug-likeness (QED) is 0.632. The molecule has 0 heterocycles. The molecule has 2 N–H and O–H groups in total. The van der Waals surface area contributed by atoms with E-state index < -0.39 is 17.7 Å². The molecule has 0 saturated heterocycles. The van der Waals surface area contributed by atoms with Crippen LogP contribution in [0.25, 0.3) is 0 Å². The van der Waals surface area contributed by atoms with Crippen molar-refractivity contribution in [2.45, 2.75) is 6.04 Å². The van der Waals surface area contributed by atoms with Crippen LogP contribution in [-0.4, -0.2) is 0 Å². The molecule has 0 spiro atoms. The molecule has 13 heavy (non-hydrogen) atoms. The van der Waals surface area contributed by atoms with Gasteiger partial charge in [0.1, 0.15) is 0 Å². The second kappa shape index (κ2) is 3.98. The number of nitrogens with two attached hydrogens (primary N) is 1. The number of hydrogen-bond acceptors (Lipinski definition) is 1. The van der Waals surface area contributed by atoms with E-state index >= 15 is 0 Å². The Bertz CT molecular complexity index is 339. The zero-order chi connectivity index (χ0) is 10.0. The van der Waals surface area contributed by atoms with E-state index in [0.717, 1.165) is 6.07 Å². The molecule has 0 bridgehead atoms. The van der Waals surface area contributed by atoms with Gasteiger partial charge in [-0.25, -0.2) is 8.78 Å². The Hall–Kier alpha value is -0.740. The summed E-state index contributed by atoms with van der Waals surface area (Å²) in [6, 6.07) is 1.97. The molecular weight excluding hydrogens is 240 g/mol. The normalized spacial score (nSPS) is 12.6. The zero-order valence-corrected chi connectivity index (χ0v) is 8.31. The molecule has 1 unspecified atom stereocenters. The summed E-state index contributed by atoms with van der Waals surface area (Å²) in [6.07, 6.45) is 1.46. The maximum absolute atomic E-state index is 13.0. The van der Waals surface area contributed by atoms with Crippen LogP contribution < -0.4 is 5.73 Å². The lowest BCUT2D eigenvalue weighted by Crippen LogP contribution is -2.08. The minimum atomic E-state index is -0.921. The molecule has 0 aliphatic rings. The molecule has 0 aliphatic heterocycles. The van der Waals surface area contributed by atoms with Crippen molar-refractivity contribution in [2.24, 2.45) is 5.73 Å². The van der Waals surface area contributed by atoms with Crippen LogP contribution in [0.4, 0.5) is 8.78 Å². The summed E-state index contributed by atoms with van der Waals surface area (Å²) in [5.41, 5.74) is 6.06. The summed E-state index contributed by atoms with van der Waals surface area (Å²) >= 11 is 2.93. The average Bonchev–Trinajstić information content (AvgIpc) is 2.13. The lowest BCUT2D eigenvalue weighted by molar-refractivity contribution is 0.501. The fourth-order valence-corrected chi connectivity index (χ4v) is 1.51. The summed E-state index contributed by atoms with van der Waals surface area (Å²) in [5.74, 6) is -1.82. The Morgan fingerprint density at radius 2 is 2.08 bits per heavy atom. The van der Waals surface area contributed by atoms with Gasteiger partial charge in [0.05, 0.1) is 4.47 Å². The Labute approximate surface area is 83.4 Å². The minimum absolute atomic E-state index is 0.0555. The van der Waals surface area contributed by atoms with Crippen LogP contribution in [0, 0.1) is 11.6 Å². The van der Waals surface area contributed by atoms with Gasteiger partial charge in [0.25, 0.3) is 0 Å². The van der Waals surface area contributed by atoms with Gasteiger partial charge in [0.2, 0.25) is 0 Å². The molecule has 1 rings (SSSR count). The van der Waals surface area contributed by atoms with Crippen molar-refractivity contribution in [2.75, 3.05) is 0 Å². The second-order valence-corrected chi connectivity index (χ2v) is 3.32. The van der Waals surface area contributed by atoms with E-state index in [4.69, 9.17) is 5.73 Å². The smallest absolute Gasteiger partial charge is 0.173 e. The highest BCUT2D eigenvalue weighted by atomic mass is 79.9. The first-order valence-electron chi connectivity index (χ1n) is 3.59. The molecular formula is C9H8BrF2N. The minimum Gasteiger partial charge on any atom is -0.321 e. The largest absolute Gasteiger partial charge is 0.321 e. The van der Waals surface area contributed by atoms with Gasteiger partial charge in [-0.05, 0) is 27.6 Å². The first-order chi connectivity index (χ1) is 6.07. The third-order valence-electron chi connectivity index (χ3n) is 1.68. The predicted molar refractivity (Wildman–Crippen MR) is 51.2 cm³/mol. The van der Waals surface area contributed by atoms with E-state index in [-0.39, 0.29) is 4.47 Å². The molecule has 0 radical (unpaired) electrons. The highest BCUT2D eigenvalue weighted by Crippen LogP contribution is 2.27. The third-order valence-corrected chi connectivity index (χ3v) is 2.48. The number of benzene rings is 1. The van der Waals surface area contributed by atoms with Crippen molar-refractivity contribution in [1.29, 1.82) is 0 Å². The summed E-state index contributed by atoms with van der Waals surface area (Å²) in [5, 5.41) is 0. The average molecular weight is 248 g/mol. The maximum Gasteiger partial charge on any atom is 0.173 e. The standard InChI is InChI=1S/C9H8BrF2N/c1-2-7(13)5-3-4-6(11)9(12)8(5)10/h2-4,7H,1,13H2. The SMILES string of the molecule is C=CC(N)c1ccc(F)c(F)c1Br. The topological polar surface area (TPSA) is 26.0 Å². The Balaban J connectivity index is 3.25. The molecule has 0 aliphatic carbocycles. The van der Waals surface area contributed by atoms with Crippen LogP contribution in [0.2, 0.25) is 0 Å². The van der Waals surface area contributed by atoms with Crippen molar-refractivity contribution < 1.29 is 8.78 Å². The van der Waals surface area contributed by atoms with Crippen molar-refractivity contribution >= 4 is 15.9 Å². The molecule has 0 fully saturated rings. The number of rotatable bonds is 2. The van der Waals surface area contributed by atoms with E-state index in [9.17, 15) is 8.78 Å². The number of hydrogen-bond donors (Lipinski definition) is 1. The molecule has 1 aromatic carbocycles. The Morgan fingerprint density at radius 1 is 1.46 bits per heavy atom. The summed E-state index contributed by atoms with van der Waals surface area (Å²) in [7, 11) is 0. The molecule has 0 aromatic heterocycles. The Kier molecular flexibility index (Phi) is 3.17. The maximum atomic E-state index is 13.0. The van der Waals surface area contributed by atoms with E-state index in [1.165, 1.54) is 12.1 Å². The van der Waals surface area contributed by atoms with E-state index in [0.29, 0.717) is 5.56 Å². The monoisotopic (exact) mass is 247 g/mol. The molecule has 0 saturated carbocycles. The fraction of sp³-hybridized carbons (Fsp3) is 0.111. The van der Waals surface area contributed by atoms with E-state index in [1.807, 2.05) is 0 Å². The molecule has 1 atom stereocenters. The van der Waals surface area contributed by atoms with E-state index in [1.54, 1.807) is 0 Å². The van der Waals surface area contributed by atoms with E-state index in [2.05, 4.69) is 22.5 Å². The first kappa shape index (κ1) is 10.3. The van der Waals surface area contributed by atoms with Gasteiger partial charge in [-0.2, -0.15) is 0 Å². The predicted octanol–water partition coefficient (Wildman–Crippen LogP) is 2.91. The fourth-order valence-electron chi connectivity index (χ4n) is 0.925. The van der Waals surface area contributed by atoms with Crippen LogP contribution in [0.1, 0.15) is 11.6 Å². The van der Waals surface area contributed by atoms with Gasteiger partial charge in [-0.1, -0.05) is 12.1 Å². The van der Waals surface area contributed by atoms with Crippen LogP contribution in [0.15, 0.2) is 29.3 Å². The van der Waals surface area contributed by atoms with Crippen molar-refractivity contribution in [3.63, 3.8) is 0 Å². The molecule has 4 heteroatoms. The van der Waals surface area contributed by atoms with Crippen LogP contribution >= 0.6 is 15.9 Å². The third kappa shape index (κ3) is 1.95. The second-order valence-electron chi connectivity index (χ2n) is 2.53. The summed E-state index contributed by atoms with van der Waals surface area (Å²) in [4.78, 5) is 0. The Morgan fingerprint density at radius 3 is 2.62 bits per heavy atom. The number of halogens is 3. The summed E-state index contributed by atoms with van der Waals surface area (Å²) < 4.78 is 25.7. The lowest BCUT2D eigenvalue weighted by Gasteiger charge is -2.09. The van der Waals surface area contributed by atoms with Gasteiger partial charge in [-0.15, -0.1) is 6.58 Å². The lowest BCUT2D eigenvalue weighted by atomic mass is 10.1. The zero-order valence-electron chi connectivity index (χ0n) is 6.73. The van der Waals surface area contributed by atoms with Crippen LogP contribution in [0.5, 0.6) is 0 Å². The van der Waals surface area contributed by atoms with Gasteiger partial charge in [0, 0.05) is 6.04 Å². The first-order valence-corrected chi connectivity index (χ1v) is 4.38. The van der Waals surface area contributed by atoms with Crippen LogP contribution in [0.3, 0.4) is 0 Å². The molecule has 1 nitrogen and oxygen atoms in total. The molecule has 70 valence electrons. The van der Waals surface area contributed by atoms with Crippen molar-refractivity contribution in [1.82, 2.24) is 0 Å². The highest BCUT2D eigenvalue weighted by Gasteiger charge is 2.13. The molecule has 1 aromatic rings. The molecule has 0 amide bonds. The van der Waals surface area contributed by atoms with Gasteiger partial charge in [0.15, 0.2) is 11.6 Å². The van der Waals surface area contributed by atoms with Crippen molar-refractivity contribution in [3.8, 4) is 0 Å². The summed E-state index contributed by atoms with van der Waals surface area (Å²) in [6.45, 7) is 3.47. The van der Waals surface area contributed by atoms with Gasteiger partial charge in [-0.3, -0.25) is 0 Å². The van der Waals surface area contributed by atoms with Gasteiger partial charge >= 0.3 is 0 Å². The highest BCUT2D eigenvalue weighted by molar-refractivity contribution is 9.10.